The first-order valence-corrected chi connectivity index (χ1v) is 8.25. The van der Waals surface area contributed by atoms with Crippen molar-refractivity contribution in [2.45, 2.75) is 31.1 Å². The Hall–Kier alpha value is -0.180. The van der Waals surface area contributed by atoms with Crippen LogP contribution >= 0.6 is 11.8 Å². The SMILES string of the molecule is CC(OS(=O)(=O)O)C1C(=O)N2C(C(=O)O)=C(SC(O)O)CC12.[Na]. The summed E-state index contributed by atoms with van der Waals surface area (Å²) in [6.45, 7) is 1.26. The molecule has 13 heteroatoms. The van der Waals surface area contributed by atoms with Gasteiger partial charge in [-0.2, -0.15) is 8.42 Å². The molecule has 2 heterocycles. The monoisotopic (exact) mass is 378 g/mol. The maximum Gasteiger partial charge on any atom is 0.397 e. The molecule has 0 bridgehead atoms. The summed E-state index contributed by atoms with van der Waals surface area (Å²) in [5.41, 5.74) is -2.20. The number of thioether (sulfide) groups is 1. The number of carbonyl (C=O) groups is 2. The third-order valence-corrected chi connectivity index (χ3v) is 4.80. The number of carbonyl (C=O) groups excluding carboxylic acids is 1. The minimum atomic E-state index is -4.74. The van der Waals surface area contributed by atoms with Crippen LogP contribution in [0.1, 0.15) is 13.3 Å². The van der Waals surface area contributed by atoms with Gasteiger partial charge in [-0.3, -0.25) is 9.35 Å². The van der Waals surface area contributed by atoms with E-state index < -0.39 is 46.0 Å². The largest absolute Gasteiger partial charge is 0.477 e. The van der Waals surface area contributed by atoms with Gasteiger partial charge in [0.2, 0.25) is 11.5 Å². The van der Waals surface area contributed by atoms with E-state index in [-0.39, 0.29) is 46.6 Å². The van der Waals surface area contributed by atoms with E-state index in [0.29, 0.717) is 11.8 Å². The number of rotatable bonds is 6. The summed E-state index contributed by atoms with van der Waals surface area (Å²) in [5, 5.41) is 27.1. The Bertz CT molecular complexity index is 647. The molecule has 0 aromatic heterocycles. The van der Waals surface area contributed by atoms with Gasteiger partial charge in [0.15, 0.2) is 0 Å². The van der Waals surface area contributed by atoms with Crippen LogP contribution in [0.15, 0.2) is 10.6 Å². The number of amides is 1. The molecule has 0 aromatic rings. The smallest absolute Gasteiger partial charge is 0.397 e. The molecule has 1 saturated heterocycles. The van der Waals surface area contributed by atoms with E-state index in [1.165, 1.54) is 6.92 Å². The Kier molecular flexibility index (Phi) is 6.69. The van der Waals surface area contributed by atoms with Gasteiger partial charge in [0.25, 0.3) is 0 Å². The Labute approximate surface area is 157 Å². The summed E-state index contributed by atoms with van der Waals surface area (Å²) in [5.74, 6) is -3.02. The minimum absolute atomic E-state index is 0. The van der Waals surface area contributed by atoms with Gasteiger partial charge in [-0.25, -0.2) is 8.98 Å². The summed E-state index contributed by atoms with van der Waals surface area (Å²) < 4.78 is 34.4. The molecule has 2 aliphatic heterocycles. The van der Waals surface area contributed by atoms with E-state index in [4.69, 9.17) is 19.9 Å². The van der Waals surface area contributed by atoms with E-state index in [2.05, 4.69) is 4.18 Å². The second kappa shape index (κ2) is 7.37. The second-order valence-corrected chi connectivity index (χ2v) is 6.95. The average molecular weight is 378 g/mol. The van der Waals surface area contributed by atoms with Crippen molar-refractivity contribution < 1.29 is 42.1 Å². The van der Waals surface area contributed by atoms with Crippen LogP contribution in [0.3, 0.4) is 0 Å². The first-order valence-electron chi connectivity index (χ1n) is 6.01. The normalized spacial score (nSPS) is 25.1. The standard InChI is InChI=1S/C10H13NO9S2.Na/c1-3(20-22(17,18)19)6-4-2-5(21-10(15)16)7(9(13)14)11(4)8(6)12;/h3-4,6,10,15-16H,2H2,1H3,(H,13,14)(H,17,18,19);. The molecule has 2 rings (SSSR count). The number of aliphatic hydroxyl groups is 2. The van der Waals surface area contributed by atoms with Crippen LogP contribution < -0.4 is 0 Å². The van der Waals surface area contributed by atoms with Gasteiger partial charge in [0, 0.05) is 40.9 Å². The van der Waals surface area contributed by atoms with Crippen LogP contribution in [0.25, 0.3) is 0 Å². The summed E-state index contributed by atoms with van der Waals surface area (Å²) in [6, 6.07) is -0.670. The fraction of sp³-hybridized carbons (Fsp3) is 0.600. The van der Waals surface area contributed by atoms with Gasteiger partial charge >= 0.3 is 16.4 Å². The number of hydrogen-bond acceptors (Lipinski definition) is 8. The van der Waals surface area contributed by atoms with Crippen molar-refractivity contribution in [1.29, 1.82) is 0 Å². The van der Waals surface area contributed by atoms with Gasteiger partial charge in [0.05, 0.1) is 18.1 Å². The number of fused-ring (bicyclic) bond motifs is 1. The maximum atomic E-state index is 12.1. The van der Waals surface area contributed by atoms with Crippen LogP contribution in [0, 0.1) is 5.92 Å². The molecule has 1 fully saturated rings. The van der Waals surface area contributed by atoms with Crippen molar-refractivity contribution in [2.24, 2.45) is 5.92 Å². The molecule has 0 saturated carbocycles. The van der Waals surface area contributed by atoms with Crippen LogP contribution in [-0.2, 0) is 24.2 Å². The van der Waals surface area contributed by atoms with Crippen molar-refractivity contribution in [3.8, 4) is 0 Å². The van der Waals surface area contributed by atoms with Crippen molar-refractivity contribution in [3.63, 3.8) is 0 Å². The Morgan fingerprint density at radius 1 is 1.43 bits per heavy atom. The number of nitrogens with zero attached hydrogens (tertiary/aromatic N) is 1. The topological polar surface area (TPSA) is 162 Å². The Morgan fingerprint density at radius 3 is 2.43 bits per heavy atom. The van der Waals surface area contributed by atoms with E-state index in [1.807, 2.05) is 0 Å². The second-order valence-electron chi connectivity index (χ2n) is 4.76. The maximum absolute atomic E-state index is 12.1. The molecule has 2 aliphatic rings. The van der Waals surface area contributed by atoms with Crippen molar-refractivity contribution >= 4 is 63.6 Å². The molecule has 3 atom stereocenters. The van der Waals surface area contributed by atoms with Crippen molar-refractivity contribution in [2.75, 3.05) is 0 Å². The molecule has 3 unspecified atom stereocenters. The van der Waals surface area contributed by atoms with E-state index >= 15 is 0 Å². The zero-order valence-corrected chi connectivity index (χ0v) is 15.7. The molecule has 1 radical (unpaired) electrons. The summed E-state index contributed by atoms with van der Waals surface area (Å²) in [7, 11) is -4.74. The Balaban J connectivity index is 0.00000264. The van der Waals surface area contributed by atoms with E-state index in [1.54, 1.807) is 0 Å². The molecule has 125 valence electrons. The summed E-state index contributed by atoms with van der Waals surface area (Å²) >= 11 is 0.482. The Morgan fingerprint density at radius 2 is 2.00 bits per heavy atom. The zero-order chi connectivity index (χ0) is 16.8. The van der Waals surface area contributed by atoms with Gasteiger partial charge in [-0.05, 0) is 6.92 Å². The fourth-order valence-corrected chi connectivity index (χ4v) is 4.02. The summed E-state index contributed by atoms with van der Waals surface area (Å²) in [4.78, 5) is 24.4. The minimum Gasteiger partial charge on any atom is -0.477 e. The molecular weight excluding hydrogens is 365 g/mol. The fourth-order valence-electron chi connectivity index (χ4n) is 2.70. The molecular formula is C10H13NNaO9S2. The number of hydrogen-bond donors (Lipinski definition) is 4. The van der Waals surface area contributed by atoms with Gasteiger partial charge in [0.1, 0.15) is 5.70 Å². The van der Waals surface area contributed by atoms with Crippen molar-refractivity contribution in [3.05, 3.63) is 10.6 Å². The third-order valence-electron chi connectivity index (χ3n) is 3.40. The average Bonchev–Trinajstić information content (AvgIpc) is 2.60. The van der Waals surface area contributed by atoms with Gasteiger partial charge in [-0.1, -0.05) is 11.8 Å². The number of aliphatic carboxylic acids is 1. The number of carboxylic acid groups (broad SMARTS) is 1. The van der Waals surface area contributed by atoms with E-state index in [0.717, 1.165) is 4.90 Å². The molecule has 10 nitrogen and oxygen atoms in total. The predicted octanol–water partition coefficient (Wildman–Crippen LogP) is -1.66. The third kappa shape index (κ3) is 4.27. The molecule has 4 N–H and O–H groups in total. The molecule has 0 aromatic carbocycles. The van der Waals surface area contributed by atoms with Crippen LogP contribution in [0.2, 0.25) is 0 Å². The molecule has 0 aliphatic carbocycles. The zero-order valence-electron chi connectivity index (χ0n) is 12.1. The quantitative estimate of drug-likeness (QED) is 0.182. The van der Waals surface area contributed by atoms with Crippen LogP contribution in [0.4, 0.5) is 0 Å². The summed E-state index contributed by atoms with van der Waals surface area (Å²) in [6.07, 6.45) is -1.15. The number of β-lactam (4-membered cyclic amide) rings is 1. The predicted molar refractivity (Wildman–Crippen MR) is 77.1 cm³/mol. The first-order chi connectivity index (χ1) is 10.0. The number of aliphatic hydroxyl groups excluding tert-OH is 1. The first kappa shape index (κ1) is 20.9. The van der Waals surface area contributed by atoms with Gasteiger partial charge < -0.3 is 20.2 Å². The number of carboxylic acids is 1. The van der Waals surface area contributed by atoms with Crippen LogP contribution in [-0.4, -0.2) is 92.4 Å². The van der Waals surface area contributed by atoms with Crippen LogP contribution in [0.5, 0.6) is 0 Å². The molecule has 1 amide bonds. The van der Waals surface area contributed by atoms with E-state index in [9.17, 15) is 18.0 Å². The van der Waals surface area contributed by atoms with Crippen molar-refractivity contribution in [1.82, 2.24) is 4.90 Å². The molecule has 0 spiro atoms. The van der Waals surface area contributed by atoms with Gasteiger partial charge in [-0.15, -0.1) is 0 Å². The molecule has 23 heavy (non-hydrogen) atoms.